The van der Waals surface area contributed by atoms with Crippen molar-refractivity contribution < 1.29 is 37.4 Å². The number of nitrogens with one attached hydrogen (secondary N) is 1. The van der Waals surface area contributed by atoms with E-state index in [4.69, 9.17) is 4.74 Å². The molecule has 1 aliphatic carbocycles. The number of ether oxygens (including phenoxy) is 1. The number of piperazine rings is 1. The summed E-state index contributed by atoms with van der Waals surface area (Å²) in [6.45, 7) is 2.76. The zero-order valence-electron chi connectivity index (χ0n) is 24.1. The van der Waals surface area contributed by atoms with Crippen molar-refractivity contribution in [3.63, 3.8) is 0 Å². The van der Waals surface area contributed by atoms with E-state index in [9.17, 15) is 32.7 Å². The summed E-state index contributed by atoms with van der Waals surface area (Å²) in [5, 5.41) is 11.4. The van der Waals surface area contributed by atoms with Gasteiger partial charge in [-0.15, -0.1) is 0 Å². The highest BCUT2D eigenvalue weighted by Gasteiger charge is 2.32. The SMILES string of the molecule is CCOC(=O)N1CCN(C(=O)C(CCC(=O)O)NC(=O)c2cc(CS(=O)(=O)C3CCCC3)nc(-c3ccccc3)n2)CC1. The Labute approximate surface area is 250 Å². The first-order valence-electron chi connectivity index (χ1n) is 14.5. The highest BCUT2D eigenvalue weighted by molar-refractivity contribution is 7.91. The van der Waals surface area contributed by atoms with Crippen molar-refractivity contribution in [3.05, 3.63) is 47.8 Å². The van der Waals surface area contributed by atoms with E-state index in [-0.39, 0.29) is 68.6 Å². The summed E-state index contributed by atoms with van der Waals surface area (Å²) in [5.74, 6) is -2.57. The van der Waals surface area contributed by atoms with E-state index in [0.29, 0.717) is 18.4 Å². The maximum absolute atomic E-state index is 13.5. The number of carbonyl (C=O) groups is 4. The average Bonchev–Trinajstić information content (AvgIpc) is 3.56. The summed E-state index contributed by atoms with van der Waals surface area (Å²) < 4.78 is 31.3. The highest BCUT2D eigenvalue weighted by Crippen LogP contribution is 2.27. The molecule has 1 unspecified atom stereocenters. The van der Waals surface area contributed by atoms with Crippen LogP contribution in [-0.4, -0.2) is 101 Å². The zero-order chi connectivity index (χ0) is 31.0. The van der Waals surface area contributed by atoms with Gasteiger partial charge in [-0.1, -0.05) is 43.2 Å². The van der Waals surface area contributed by atoms with Crippen LogP contribution in [-0.2, 0) is 29.9 Å². The second-order valence-electron chi connectivity index (χ2n) is 10.6. The molecule has 1 saturated heterocycles. The molecule has 0 radical (unpaired) electrons. The third-order valence-corrected chi connectivity index (χ3v) is 9.76. The summed E-state index contributed by atoms with van der Waals surface area (Å²) in [7, 11) is -3.52. The molecule has 2 N–H and O–H groups in total. The number of hydrogen-bond acceptors (Lipinski definition) is 9. The molecule has 1 aromatic carbocycles. The van der Waals surface area contributed by atoms with E-state index in [0.717, 1.165) is 12.8 Å². The normalized spacial score (nSPS) is 16.5. The molecule has 4 rings (SSSR count). The van der Waals surface area contributed by atoms with Crippen molar-refractivity contribution in [2.24, 2.45) is 0 Å². The van der Waals surface area contributed by atoms with Crippen LogP contribution in [0.25, 0.3) is 11.4 Å². The topological polar surface area (TPSA) is 176 Å². The van der Waals surface area contributed by atoms with Crippen molar-refractivity contribution in [2.45, 2.75) is 62.5 Å². The maximum Gasteiger partial charge on any atom is 0.409 e. The van der Waals surface area contributed by atoms with Gasteiger partial charge in [0.2, 0.25) is 5.91 Å². The Morgan fingerprint density at radius 1 is 1.02 bits per heavy atom. The van der Waals surface area contributed by atoms with Crippen LogP contribution in [0.3, 0.4) is 0 Å². The summed E-state index contributed by atoms with van der Waals surface area (Å²) in [4.78, 5) is 62.1. The Morgan fingerprint density at radius 2 is 1.67 bits per heavy atom. The smallest absolute Gasteiger partial charge is 0.409 e. The first-order chi connectivity index (χ1) is 20.6. The fourth-order valence-electron chi connectivity index (χ4n) is 5.28. The Kier molecular flexibility index (Phi) is 10.7. The summed E-state index contributed by atoms with van der Waals surface area (Å²) in [5.41, 5.74) is 0.606. The number of carboxylic acid groups (broad SMARTS) is 1. The number of carbonyl (C=O) groups excluding carboxylic acids is 3. The zero-order valence-corrected chi connectivity index (χ0v) is 24.9. The van der Waals surface area contributed by atoms with Crippen LogP contribution in [0.5, 0.6) is 0 Å². The van der Waals surface area contributed by atoms with Crippen LogP contribution in [0.15, 0.2) is 36.4 Å². The highest BCUT2D eigenvalue weighted by atomic mass is 32.2. The molecule has 1 saturated carbocycles. The number of amides is 3. The van der Waals surface area contributed by atoms with Crippen LogP contribution in [0.1, 0.15) is 61.6 Å². The molecule has 3 amide bonds. The Balaban J connectivity index is 1.56. The van der Waals surface area contributed by atoms with Gasteiger partial charge >= 0.3 is 12.1 Å². The average molecular weight is 616 g/mol. The summed E-state index contributed by atoms with van der Waals surface area (Å²) in [6.07, 6.45) is 1.86. The largest absolute Gasteiger partial charge is 0.481 e. The Morgan fingerprint density at radius 3 is 2.30 bits per heavy atom. The molecule has 1 aromatic heterocycles. The minimum atomic E-state index is -3.52. The first-order valence-corrected chi connectivity index (χ1v) is 16.2. The molecular formula is C29H37N5O8S. The standard InChI is InChI=1S/C29H37N5O8S/c1-2-42-29(39)34-16-14-33(15-17-34)28(38)23(12-13-25(35)36)32-27(37)24-18-21(19-43(40,41)22-10-6-7-11-22)30-26(31-24)20-8-4-3-5-9-20/h3-5,8-9,18,22-23H,2,6-7,10-17,19H2,1H3,(H,32,37)(H,35,36). The second kappa shape index (κ2) is 14.4. The predicted molar refractivity (Wildman–Crippen MR) is 156 cm³/mol. The molecule has 2 aliphatic rings. The molecule has 2 aromatic rings. The molecule has 14 heteroatoms. The van der Waals surface area contributed by atoms with Crippen molar-refractivity contribution in [1.29, 1.82) is 0 Å². The molecule has 13 nitrogen and oxygen atoms in total. The lowest BCUT2D eigenvalue weighted by atomic mass is 10.1. The van der Waals surface area contributed by atoms with Gasteiger partial charge in [-0.05, 0) is 32.3 Å². The first kappa shape index (κ1) is 31.9. The number of aliphatic carboxylic acids is 1. The van der Waals surface area contributed by atoms with Gasteiger partial charge in [-0.25, -0.2) is 23.2 Å². The molecule has 0 spiro atoms. The van der Waals surface area contributed by atoms with Gasteiger partial charge in [0.1, 0.15) is 11.7 Å². The van der Waals surface area contributed by atoms with Gasteiger partial charge in [0, 0.05) is 38.2 Å². The van der Waals surface area contributed by atoms with Crippen LogP contribution in [0.4, 0.5) is 4.79 Å². The van der Waals surface area contributed by atoms with Crippen LogP contribution in [0, 0.1) is 0 Å². The van der Waals surface area contributed by atoms with Crippen LogP contribution >= 0.6 is 0 Å². The van der Waals surface area contributed by atoms with E-state index < -0.39 is 45.0 Å². The van der Waals surface area contributed by atoms with Gasteiger partial charge in [0.25, 0.3) is 5.91 Å². The third kappa shape index (κ3) is 8.49. The fraction of sp³-hybridized carbons (Fsp3) is 0.517. The van der Waals surface area contributed by atoms with Gasteiger partial charge < -0.3 is 25.0 Å². The van der Waals surface area contributed by atoms with E-state index >= 15 is 0 Å². The van der Waals surface area contributed by atoms with E-state index in [2.05, 4.69) is 15.3 Å². The van der Waals surface area contributed by atoms with E-state index in [1.165, 1.54) is 15.9 Å². The van der Waals surface area contributed by atoms with Crippen molar-refractivity contribution >= 4 is 33.7 Å². The molecule has 1 atom stereocenters. The number of hydrogen-bond donors (Lipinski definition) is 2. The molecule has 0 bridgehead atoms. The van der Waals surface area contributed by atoms with Crippen LogP contribution < -0.4 is 5.32 Å². The summed E-state index contributed by atoms with van der Waals surface area (Å²) >= 11 is 0. The molecule has 232 valence electrons. The lowest BCUT2D eigenvalue weighted by Crippen LogP contribution is -2.56. The van der Waals surface area contributed by atoms with Gasteiger partial charge in [-0.3, -0.25) is 14.4 Å². The molecule has 43 heavy (non-hydrogen) atoms. The van der Waals surface area contributed by atoms with Crippen molar-refractivity contribution in [3.8, 4) is 11.4 Å². The van der Waals surface area contributed by atoms with Crippen molar-refractivity contribution in [1.82, 2.24) is 25.1 Å². The monoisotopic (exact) mass is 615 g/mol. The number of nitrogens with zero attached hydrogens (tertiary/aromatic N) is 4. The van der Waals surface area contributed by atoms with E-state index in [1.807, 2.05) is 0 Å². The lowest BCUT2D eigenvalue weighted by Gasteiger charge is -2.35. The molecule has 1 aliphatic heterocycles. The quantitative estimate of drug-likeness (QED) is 0.381. The third-order valence-electron chi connectivity index (χ3n) is 7.57. The van der Waals surface area contributed by atoms with Gasteiger partial charge in [0.05, 0.1) is 23.3 Å². The maximum atomic E-state index is 13.5. The fourth-order valence-corrected chi connectivity index (χ4v) is 7.12. The van der Waals surface area contributed by atoms with Gasteiger partial charge in [0.15, 0.2) is 15.7 Å². The Bertz CT molecular complexity index is 1420. The molecular weight excluding hydrogens is 578 g/mol. The Hall–Kier alpha value is -4.07. The number of sulfone groups is 1. The van der Waals surface area contributed by atoms with Gasteiger partial charge in [-0.2, -0.15) is 0 Å². The number of aromatic nitrogens is 2. The number of carboxylic acids is 1. The van der Waals surface area contributed by atoms with E-state index in [1.54, 1.807) is 37.3 Å². The lowest BCUT2D eigenvalue weighted by molar-refractivity contribution is -0.138. The second-order valence-corrected chi connectivity index (χ2v) is 12.9. The molecule has 2 fully saturated rings. The van der Waals surface area contributed by atoms with Crippen molar-refractivity contribution in [2.75, 3.05) is 32.8 Å². The minimum absolute atomic E-state index is 0.134. The minimum Gasteiger partial charge on any atom is -0.481 e. The summed E-state index contributed by atoms with van der Waals surface area (Å²) in [6, 6.07) is 8.94. The molecule has 2 heterocycles. The number of benzene rings is 1. The number of rotatable bonds is 11. The van der Waals surface area contributed by atoms with Crippen LogP contribution in [0.2, 0.25) is 0 Å². The predicted octanol–water partition coefficient (Wildman–Crippen LogP) is 2.26.